The minimum atomic E-state index is 0.338. The summed E-state index contributed by atoms with van der Waals surface area (Å²) in [5.74, 6) is 0.338. The van der Waals surface area contributed by atoms with E-state index in [0.29, 0.717) is 5.75 Å². The van der Waals surface area contributed by atoms with Gasteiger partial charge in [-0.3, -0.25) is 0 Å². The van der Waals surface area contributed by atoms with Crippen molar-refractivity contribution in [3.05, 3.63) is 102 Å². The number of nitrogens with zero attached hydrogens (tertiary/aromatic N) is 1. The van der Waals surface area contributed by atoms with E-state index in [-0.39, 0.29) is 0 Å². The smallest absolute Gasteiger partial charge is 0.286 e. The molecular weight excluding hydrogens is 322 g/mol. The Hall–Kier alpha value is -3.25. The van der Waals surface area contributed by atoms with Gasteiger partial charge in [-0.05, 0) is 49.6 Å². The molecule has 1 N–H and O–H groups in total. The molecule has 0 unspecified atom stereocenters. The average Bonchev–Trinajstić information content (AvgIpc) is 2.67. The molecule has 26 heavy (non-hydrogen) atoms. The van der Waals surface area contributed by atoms with Gasteiger partial charge >= 0.3 is 0 Å². The molecule has 3 aromatic rings. The van der Waals surface area contributed by atoms with E-state index >= 15 is 0 Å². The number of phenols is 1. The van der Waals surface area contributed by atoms with Crippen LogP contribution < -0.4 is 0 Å². The number of hydrogen-bond donors (Lipinski definition) is 1. The Morgan fingerprint density at radius 3 is 1.38 bits per heavy atom. The molecule has 3 nitrogen and oxygen atoms in total. The number of ether oxygens (including phenoxy) is 1. The SMILES string of the molecule is COC#N.Cc1cccc(O)c1.Cc1ccccc1C.c1ccccc1. The summed E-state index contributed by atoms with van der Waals surface area (Å²) < 4.78 is 3.85. The molecule has 3 heteroatoms. The van der Waals surface area contributed by atoms with Crippen LogP contribution in [0, 0.1) is 32.3 Å². The summed E-state index contributed by atoms with van der Waals surface area (Å²) in [4.78, 5) is 0. The van der Waals surface area contributed by atoms with Gasteiger partial charge in [-0.25, -0.2) is 0 Å². The van der Waals surface area contributed by atoms with Gasteiger partial charge in [0.05, 0.1) is 7.11 Å². The Labute approximate surface area is 157 Å². The number of aryl methyl sites for hydroxylation is 3. The summed E-state index contributed by atoms with van der Waals surface area (Å²) in [5, 5.41) is 16.2. The summed E-state index contributed by atoms with van der Waals surface area (Å²) in [6, 6.07) is 27.5. The van der Waals surface area contributed by atoms with E-state index < -0.39 is 0 Å². The van der Waals surface area contributed by atoms with E-state index in [9.17, 15) is 0 Å². The van der Waals surface area contributed by atoms with Crippen LogP contribution in [0.15, 0.2) is 84.9 Å². The summed E-state index contributed by atoms with van der Waals surface area (Å²) in [5.41, 5.74) is 3.82. The van der Waals surface area contributed by atoms with Crippen LogP contribution in [0.3, 0.4) is 0 Å². The molecule has 0 aromatic heterocycles. The maximum absolute atomic E-state index is 8.81. The lowest BCUT2D eigenvalue weighted by Gasteiger charge is -1.93. The second-order valence-electron chi connectivity index (χ2n) is 5.37. The summed E-state index contributed by atoms with van der Waals surface area (Å²) in [6.07, 6.45) is 1.43. The van der Waals surface area contributed by atoms with Crippen LogP contribution in [0.5, 0.6) is 5.75 Å². The topological polar surface area (TPSA) is 53.2 Å². The number of nitriles is 1. The lowest BCUT2D eigenvalue weighted by atomic mass is 10.1. The van der Waals surface area contributed by atoms with Crippen molar-refractivity contribution in [3.63, 3.8) is 0 Å². The third-order valence-corrected chi connectivity index (χ3v) is 3.19. The normalized spacial score (nSPS) is 8.12. The van der Waals surface area contributed by atoms with Crippen LogP contribution >= 0.6 is 0 Å². The number of hydrogen-bond acceptors (Lipinski definition) is 3. The Balaban J connectivity index is 0.000000331. The van der Waals surface area contributed by atoms with Crippen LogP contribution in [-0.4, -0.2) is 12.2 Å². The van der Waals surface area contributed by atoms with Crippen molar-refractivity contribution in [2.24, 2.45) is 0 Å². The summed E-state index contributed by atoms with van der Waals surface area (Å²) >= 11 is 0. The van der Waals surface area contributed by atoms with Crippen LogP contribution in [0.1, 0.15) is 16.7 Å². The van der Waals surface area contributed by atoms with E-state index in [4.69, 9.17) is 10.4 Å². The number of aromatic hydroxyl groups is 1. The zero-order valence-corrected chi connectivity index (χ0v) is 15.9. The Kier molecular flexibility index (Phi) is 13.4. The third-order valence-electron chi connectivity index (χ3n) is 3.19. The Morgan fingerprint density at radius 1 is 0.731 bits per heavy atom. The maximum Gasteiger partial charge on any atom is 0.286 e. The highest BCUT2D eigenvalue weighted by atomic mass is 16.5. The summed E-state index contributed by atoms with van der Waals surface area (Å²) in [7, 11) is 1.32. The summed E-state index contributed by atoms with van der Waals surface area (Å²) in [6.45, 7) is 6.18. The van der Waals surface area contributed by atoms with Crippen molar-refractivity contribution < 1.29 is 9.84 Å². The van der Waals surface area contributed by atoms with Gasteiger partial charge in [0.1, 0.15) is 5.75 Å². The highest BCUT2D eigenvalue weighted by molar-refractivity contribution is 5.25. The first-order chi connectivity index (χ1) is 12.5. The molecule has 0 saturated heterocycles. The van der Waals surface area contributed by atoms with Crippen molar-refractivity contribution in [1.82, 2.24) is 0 Å². The van der Waals surface area contributed by atoms with Gasteiger partial charge in [0.15, 0.2) is 0 Å². The molecule has 0 aliphatic rings. The minimum absolute atomic E-state index is 0.338. The molecule has 0 aliphatic carbocycles. The molecule has 0 heterocycles. The molecular formula is C23H27NO2. The number of rotatable bonds is 0. The van der Waals surface area contributed by atoms with E-state index in [1.165, 1.54) is 24.5 Å². The number of phenolic OH excluding ortho intramolecular Hbond substituents is 1. The van der Waals surface area contributed by atoms with Crippen molar-refractivity contribution in [3.8, 4) is 12.0 Å². The van der Waals surface area contributed by atoms with E-state index in [2.05, 4.69) is 42.8 Å². The maximum atomic E-state index is 8.81. The molecule has 3 rings (SSSR count). The first kappa shape index (κ1) is 22.8. The van der Waals surface area contributed by atoms with Crippen molar-refractivity contribution >= 4 is 0 Å². The van der Waals surface area contributed by atoms with Crippen LogP contribution in [0.4, 0.5) is 0 Å². The van der Waals surface area contributed by atoms with E-state index in [1.54, 1.807) is 12.1 Å². The third kappa shape index (κ3) is 13.2. The first-order valence-electron chi connectivity index (χ1n) is 8.21. The molecule has 0 fully saturated rings. The first-order valence-corrected chi connectivity index (χ1v) is 8.21. The van der Waals surface area contributed by atoms with Gasteiger partial charge in [-0.2, -0.15) is 5.26 Å². The second-order valence-corrected chi connectivity index (χ2v) is 5.37. The predicted octanol–water partition coefficient (Wildman–Crippen LogP) is 5.80. The highest BCUT2D eigenvalue weighted by Crippen LogP contribution is 2.08. The highest BCUT2D eigenvalue weighted by Gasteiger charge is 1.84. The zero-order valence-electron chi connectivity index (χ0n) is 15.9. The van der Waals surface area contributed by atoms with Gasteiger partial charge in [-0.15, -0.1) is 0 Å². The Morgan fingerprint density at radius 2 is 1.15 bits per heavy atom. The lowest BCUT2D eigenvalue weighted by molar-refractivity contribution is 0.362. The van der Waals surface area contributed by atoms with Crippen LogP contribution in [0.25, 0.3) is 0 Å². The van der Waals surface area contributed by atoms with Crippen molar-refractivity contribution in [1.29, 1.82) is 5.26 Å². The lowest BCUT2D eigenvalue weighted by Crippen LogP contribution is -1.74. The molecule has 136 valence electrons. The van der Waals surface area contributed by atoms with Crippen molar-refractivity contribution in [2.75, 3.05) is 7.11 Å². The van der Waals surface area contributed by atoms with Gasteiger partial charge in [0.25, 0.3) is 6.26 Å². The molecule has 0 radical (unpaired) electrons. The monoisotopic (exact) mass is 349 g/mol. The number of methoxy groups -OCH3 is 1. The Bertz CT molecular complexity index is 684. The fraction of sp³-hybridized carbons (Fsp3) is 0.174. The van der Waals surface area contributed by atoms with Gasteiger partial charge in [0, 0.05) is 0 Å². The fourth-order valence-corrected chi connectivity index (χ4v) is 1.68. The fourth-order valence-electron chi connectivity index (χ4n) is 1.68. The number of benzene rings is 3. The van der Waals surface area contributed by atoms with Crippen LogP contribution in [0.2, 0.25) is 0 Å². The van der Waals surface area contributed by atoms with Crippen molar-refractivity contribution in [2.45, 2.75) is 20.8 Å². The molecule has 0 spiro atoms. The zero-order chi connectivity index (χ0) is 19.6. The van der Waals surface area contributed by atoms with E-state index in [1.807, 2.05) is 55.5 Å². The standard InChI is InChI=1S/C8H10.C7H8O.C6H6.C2H3NO/c1-7-5-3-4-6-8(7)2;1-6-3-2-4-7(8)5-6;1-2-4-6-5-3-1;1-4-2-3/h3-6H,1-2H3;2-5,8H,1H3;1-6H;1H3. The molecule has 0 atom stereocenters. The molecule has 0 aliphatic heterocycles. The second kappa shape index (κ2) is 15.3. The molecule has 0 amide bonds. The molecule has 0 saturated carbocycles. The predicted molar refractivity (Wildman–Crippen MR) is 108 cm³/mol. The average molecular weight is 349 g/mol. The van der Waals surface area contributed by atoms with E-state index in [0.717, 1.165) is 5.56 Å². The molecule has 3 aromatic carbocycles. The largest absolute Gasteiger partial charge is 0.508 e. The molecule has 0 bridgehead atoms. The van der Waals surface area contributed by atoms with Gasteiger partial charge in [-0.1, -0.05) is 72.8 Å². The van der Waals surface area contributed by atoms with Gasteiger partial charge in [0.2, 0.25) is 0 Å². The van der Waals surface area contributed by atoms with Crippen LogP contribution in [-0.2, 0) is 4.74 Å². The van der Waals surface area contributed by atoms with Gasteiger partial charge < -0.3 is 9.84 Å². The minimum Gasteiger partial charge on any atom is -0.508 e. The quantitative estimate of drug-likeness (QED) is 0.521.